The monoisotopic (exact) mass is 290 g/mol. The average molecular weight is 290 g/mol. The minimum atomic E-state index is -0.227. The first-order valence-electron chi connectivity index (χ1n) is 7.25. The van der Waals surface area contributed by atoms with Crippen LogP contribution in [0.5, 0.6) is 0 Å². The number of hydrogen-bond acceptors (Lipinski definition) is 4. The molecular formula is C16H22N2O3. The van der Waals surface area contributed by atoms with Gasteiger partial charge in [0.05, 0.1) is 13.5 Å². The van der Waals surface area contributed by atoms with Gasteiger partial charge in [0.1, 0.15) is 0 Å². The molecule has 0 spiro atoms. The molecule has 0 aromatic heterocycles. The van der Waals surface area contributed by atoms with Gasteiger partial charge in [-0.25, -0.2) is 0 Å². The summed E-state index contributed by atoms with van der Waals surface area (Å²) in [6.45, 7) is 2.51. The van der Waals surface area contributed by atoms with Crippen LogP contribution in [0.2, 0.25) is 0 Å². The molecule has 1 aliphatic heterocycles. The third kappa shape index (κ3) is 4.29. The number of ether oxygens (including phenoxy) is 1. The van der Waals surface area contributed by atoms with Crippen molar-refractivity contribution in [3.05, 3.63) is 35.4 Å². The van der Waals surface area contributed by atoms with E-state index in [1.54, 1.807) is 0 Å². The van der Waals surface area contributed by atoms with Gasteiger partial charge in [0.25, 0.3) is 0 Å². The van der Waals surface area contributed by atoms with E-state index in [2.05, 4.69) is 4.90 Å². The number of likely N-dealkylation sites (tertiary alicyclic amines) is 1. The lowest BCUT2D eigenvalue weighted by atomic mass is 9.95. The van der Waals surface area contributed by atoms with Gasteiger partial charge in [0.2, 0.25) is 5.91 Å². The highest BCUT2D eigenvalue weighted by Gasteiger charge is 2.23. The Hall–Kier alpha value is -1.88. The van der Waals surface area contributed by atoms with Crippen LogP contribution in [0.3, 0.4) is 0 Å². The SMILES string of the molecule is COC(=O)Cc1ccccc1CN1CCC(C(N)=O)CC1. The van der Waals surface area contributed by atoms with Crippen molar-refractivity contribution in [3.63, 3.8) is 0 Å². The lowest BCUT2D eigenvalue weighted by Crippen LogP contribution is -2.38. The molecule has 0 unspecified atom stereocenters. The summed E-state index contributed by atoms with van der Waals surface area (Å²) in [6.07, 6.45) is 1.92. The van der Waals surface area contributed by atoms with Crippen LogP contribution in [-0.4, -0.2) is 37.0 Å². The molecule has 5 heteroatoms. The zero-order valence-electron chi connectivity index (χ0n) is 12.4. The summed E-state index contributed by atoms with van der Waals surface area (Å²) < 4.78 is 4.74. The molecular weight excluding hydrogens is 268 g/mol. The van der Waals surface area contributed by atoms with E-state index in [0.717, 1.165) is 43.6 Å². The maximum absolute atomic E-state index is 11.5. The van der Waals surface area contributed by atoms with Crippen LogP contribution in [0.25, 0.3) is 0 Å². The molecule has 5 nitrogen and oxygen atoms in total. The number of nitrogens with two attached hydrogens (primary N) is 1. The van der Waals surface area contributed by atoms with Crippen molar-refractivity contribution in [3.8, 4) is 0 Å². The van der Waals surface area contributed by atoms with Gasteiger partial charge < -0.3 is 10.5 Å². The first-order valence-corrected chi connectivity index (χ1v) is 7.25. The third-order valence-corrected chi connectivity index (χ3v) is 4.06. The topological polar surface area (TPSA) is 72.6 Å². The normalized spacial score (nSPS) is 16.6. The van der Waals surface area contributed by atoms with Crippen molar-refractivity contribution in [2.45, 2.75) is 25.8 Å². The molecule has 0 aliphatic carbocycles. The van der Waals surface area contributed by atoms with Gasteiger partial charge in [-0.2, -0.15) is 0 Å². The molecule has 1 saturated heterocycles. The molecule has 1 amide bonds. The van der Waals surface area contributed by atoms with Gasteiger partial charge in [-0.05, 0) is 37.1 Å². The molecule has 1 aromatic carbocycles. The number of amides is 1. The van der Waals surface area contributed by atoms with E-state index in [9.17, 15) is 9.59 Å². The largest absolute Gasteiger partial charge is 0.469 e. The highest BCUT2D eigenvalue weighted by Crippen LogP contribution is 2.20. The summed E-state index contributed by atoms with van der Waals surface area (Å²) in [4.78, 5) is 24.9. The smallest absolute Gasteiger partial charge is 0.309 e. The number of rotatable bonds is 5. The van der Waals surface area contributed by atoms with E-state index in [1.807, 2.05) is 24.3 Å². The minimum Gasteiger partial charge on any atom is -0.469 e. The van der Waals surface area contributed by atoms with Crippen molar-refractivity contribution >= 4 is 11.9 Å². The number of methoxy groups -OCH3 is 1. The van der Waals surface area contributed by atoms with Gasteiger partial charge >= 0.3 is 5.97 Å². The number of primary amides is 1. The first kappa shape index (κ1) is 15.5. The maximum atomic E-state index is 11.5. The van der Waals surface area contributed by atoms with Gasteiger partial charge in [0.15, 0.2) is 0 Å². The van der Waals surface area contributed by atoms with E-state index in [1.165, 1.54) is 7.11 Å². The Morgan fingerprint density at radius 2 is 1.86 bits per heavy atom. The van der Waals surface area contributed by atoms with Crippen LogP contribution in [0.4, 0.5) is 0 Å². The van der Waals surface area contributed by atoms with Gasteiger partial charge in [-0.3, -0.25) is 14.5 Å². The number of esters is 1. The number of piperidine rings is 1. The van der Waals surface area contributed by atoms with Crippen LogP contribution >= 0.6 is 0 Å². The molecule has 114 valence electrons. The fourth-order valence-corrected chi connectivity index (χ4v) is 2.73. The second kappa shape index (κ2) is 7.22. The van der Waals surface area contributed by atoms with Gasteiger partial charge in [0, 0.05) is 12.5 Å². The second-order valence-electron chi connectivity index (χ2n) is 5.47. The maximum Gasteiger partial charge on any atom is 0.309 e. The summed E-state index contributed by atoms with van der Waals surface area (Å²) in [5.41, 5.74) is 7.49. The minimum absolute atomic E-state index is 0.00608. The zero-order valence-corrected chi connectivity index (χ0v) is 12.4. The van der Waals surface area contributed by atoms with Crippen LogP contribution < -0.4 is 5.73 Å². The van der Waals surface area contributed by atoms with E-state index in [4.69, 9.17) is 10.5 Å². The van der Waals surface area contributed by atoms with Crippen molar-refractivity contribution < 1.29 is 14.3 Å². The molecule has 1 heterocycles. The molecule has 2 N–H and O–H groups in total. The van der Waals surface area contributed by atoms with Crippen LogP contribution in [0, 0.1) is 5.92 Å². The number of nitrogens with zero attached hydrogens (tertiary/aromatic N) is 1. The second-order valence-corrected chi connectivity index (χ2v) is 5.47. The molecule has 1 fully saturated rings. The van der Waals surface area contributed by atoms with Crippen LogP contribution in [0.15, 0.2) is 24.3 Å². The molecule has 0 atom stereocenters. The Kier molecular flexibility index (Phi) is 5.33. The Labute approximate surface area is 125 Å². The molecule has 0 radical (unpaired) electrons. The quantitative estimate of drug-likeness (QED) is 0.824. The van der Waals surface area contributed by atoms with Crippen LogP contribution in [-0.2, 0) is 27.3 Å². The summed E-state index contributed by atoms with van der Waals surface area (Å²) in [6, 6.07) is 7.91. The molecule has 1 aliphatic rings. The zero-order chi connectivity index (χ0) is 15.2. The predicted octanol–water partition coefficient (Wildman–Crippen LogP) is 1.10. The average Bonchev–Trinajstić information content (AvgIpc) is 2.49. The summed E-state index contributed by atoms with van der Waals surface area (Å²) in [7, 11) is 1.40. The van der Waals surface area contributed by atoms with E-state index < -0.39 is 0 Å². The van der Waals surface area contributed by atoms with Crippen molar-refractivity contribution in [2.24, 2.45) is 11.7 Å². The summed E-state index contributed by atoms with van der Waals surface area (Å²) >= 11 is 0. The molecule has 0 bridgehead atoms. The lowest BCUT2D eigenvalue weighted by Gasteiger charge is -2.31. The van der Waals surface area contributed by atoms with E-state index >= 15 is 0 Å². The third-order valence-electron chi connectivity index (χ3n) is 4.06. The Morgan fingerprint density at radius 1 is 1.24 bits per heavy atom. The predicted molar refractivity (Wildman–Crippen MR) is 79.4 cm³/mol. The lowest BCUT2D eigenvalue weighted by molar-refractivity contribution is -0.139. The van der Waals surface area contributed by atoms with E-state index in [-0.39, 0.29) is 17.8 Å². The van der Waals surface area contributed by atoms with Crippen molar-refractivity contribution in [2.75, 3.05) is 20.2 Å². The van der Waals surface area contributed by atoms with Crippen LogP contribution in [0.1, 0.15) is 24.0 Å². The number of carbonyl (C=O) groups excluding carboxylic acids is 2. The molecule has 2 rings (SSSR count). The Morgan fingerprint density at radius 3 is 2.43 bits per heavy atom. The molecule has 0 saturated carbocycles. The summed E-state index contributed by atoms with van der Waals surface area (Å²) in [5.74, 6) is -0.415. The Bertz CT molecular complexity index is 508. The number of hydrogen-bond donors (Lipinski definition) is 1. The standard InChI is InChI=1S/C16H22N2O3/c1-21-15(19)10-13-4-2-3-5-14(13)11-18-8-6-12(7-9-18)16(17)20/h2-5,12H,6-11H2,1H3,(H2,17,20). The van der Waals surface area contributed by atoms with Crippen molar-refractivity contribution in [1.82, 2.24) is 4.90 Å². The highest BCUT2D eigenvalue weighted by molar-refractivity contribution is 5.76. The highest BCUT2D eigenvalue weighted by atomic mass is 16.5. The fourth-order valence-electron chi connectivity index (χ4n) is 2.73. The first-order chi connectivity index (χ1) is 10.1. The van der Waals surface area contributed by atoms with Gasteiger partial charge in [-0.15, -0.1) is 0 Å². The molecule has 1 aromatic rings. The fraction of sp³-hybridized carbons (Fsp3) is 0.500. The molecule has 21 heavy (non-hydrogen) atoms. The Balaban J connectivity index is 1.97. The van der Waals surface area contributed by atoms with Crippen molar-refractivity contribution in [1.29, 1.82) is 0 Å². The van der Waals surface area contributed by atoms with Gasteiger partial charge in [-0.1, -0.05) is 24.3 Å². The number of carbonyl (C=O) groups is 2. The number of benzene rings is 1. The summed E-state index contributed by atoms with van der Waals surface area (Å²) in [5, 5.41) is 0. The van der Waals surface area contributed by atoms with E-state index in [0.29, 0.717) is 6.42 Å².